The van der Waals surface area contributed by atoms with Crippen molar-refractivity contribution in [3.63, 3.8) is 0 Å². The topological polar surface area (TPSA) is 9.23 Å². The highest BCUT2D eigenvalue weighted by Gasteiger charge is 2.31. The molecule has 2 unspecified atom stereocenters. The van der Waals surface area contributed by atoms with Gasteiger partial charge in [-0.15, -0.1) is 0 Å². The molecular weight excluding hydrogens is 304 g/mol. The molecule has 1 aromatic rings. The Morgan fingerprint density at radius 1 is 0.840 bits per heavy atom. The van der Waals surface area contributed by atoms with Gasteiger partial charge in [0.25, 0.3) is 0 Å². The second-order valence-electron chi connectivity index (χ2n) is 8.51. The van der Waals surface area contributed by atoms with Crippen molar-refractivity contribution in [3.05, 3.63) is 35.4 Å². The Morgan fingerprint density at radius 2 is 1.56 bits per heavy atom. The molecule has 1 nitrogen and oxygen atoms in total. The number of unbranched alkanes of at least 4 members (excludes halogenated alkanes) is 2. The minimum atomic E-state index is 0.545. The Bertz CT molecular complexity index is 475. The van der Waals surface area contributed by atoms with Crippen LogP contribution in [0.1, 0.15) is 95.1 Å². The summed E-state index contributed by atoms with van der Waals surface area (Å²) in [4.78, 5) is 0. The lowest BCUT2D eigenvalue weighted by atomic mass is 9.72. The first kappa shape index (κ1) is 19.0. The number of rotatable bonds is 7. The van der Waals surface area contributed by atoms with E-state index in [1.54, 1.807) is 5.56 Å². The molecular formula is C24H38O. The molecule has 3 rings (SSSR count). The maximum Gasteiger partial charge on any atom is 0.0572 e. The van der Waals surface area contributed by atoms with E-state index in [4.69, 9.17) is 4.74 Å². The van der Waals surface area contributed by atoms with Crippen LogP contribution in [-0.2, 0) is 11.2 Å². The zero-order valence-corrected chi connectivity index (χ0v) is 16.5. The van der Waals surface area contributed by atoms with Crippen molar-refractivity contribution in [2.24, 2.45) is 11.8 Å². The molecule has 140 valence electrons. The lowest BCUT2D eigenvalue weighted by molar-refractivity contribution is -0.0385. The Labute approximate surface area is 155 Å². The van der Waals surface area contributed by atoms with E-state index >= 15 is 0 Å². The molecule has 1 aliphatic heterocycles. The lowest BCUT2D eigenvalue weighted by Gasteiger charge is -2.37. The predicted octanol–water partition coefficient (Wildman–Crippen LogP) is 6.90. The van der Waals surface area contributed by atoms with E-state index in [0.29, 0.717) is 6.10 Å². The third-order valence-electron chi connectivity index (χ3n) is 6.82. The van der Waals surface area contributed by atoms with Gasteiger partial charge in [0.15, 0.2) is 0 Å². The first-order chi connectivity index (χ1) is 12.3. The highest BCUT2D eigenvalue weighted by molar-refractivity contribution is 5.26. The SMILES string of the molecule is CCCCCc1ccc(C2CCC(C3CCC(CC)OC3)CC2)cc1. The van der Waals surface area contributed by atoms with Gasteiger partial charge < -0.3 is 4.74 Å². The van der Waals surface area contributed by atoms with E-state index in [1.807, 2.05) is 0 Å². The van der Waals surface area contributed by atoms with Crippen LogP contribution in [0.25, 0.3) is 0 Å². The van der Waals surface area contributed by atoms with Crippen LogP contribution in [0.2, 0.25) is 0 Å². The molecule has 0 amide bonds. The van der Waals surface area contributed by atoms with E-state index < -0.39 is 0 Å². The van der Waals surface area contributed by atoms with Crippen molar-refractivity contribution in [2.45, 2.75) is 96.5 Å². The summed E-state index contributed by atoms with van der Waals surface area (Å²) in [5.41, 5.74) is 3.11. The molecule has 0 radical (unpaired) electrons. The first-order valence-corrected chi connectivity index (χ1v) is 11.0. The lowest BCUT2D eigenvalue weighted by Crippen LogP contribution is -2.32. The number of benzene rings is 1. The first-order valence-electron chi connectivity index (χ1n) is 11.0. The summed E-state index contributed by atoms with van der Waals surface area (Å²) in [7, 11) is 0. The van der Waals surface area contributed by atoms with Crippen molar-refractivity contribution < 1.29 is 4.74 Å². The fourth-order valence-corrected chi connectivity index (χ4v) is 4.98. The van der Waals surface area contributed by atoms with Gasteiger partial charge in [0.1, 0.15) is 0 Å². The van der Waals surface area contributed by atoms with Gasteiger partial charge in [-0.2, -0.15) is 0 Å². The Morgan fingerprint density at radius 3 is 2.16 bits per heavy atom. The van der Waals surface area contributed by atoms with Gasteiger partial charge in [-0.3, -0.25) is 0 Å². The van der Waals surface area contributed by atoms with Gasteiger partial charge in [0.05, 0.1) is 12.7 Å². The zero-order chi connectivity index (χ0) is 17.5. The van der Waals surface area contributed by atoms with Crippen LogP contribution in [0.3, 0.4) is 0 Å². The van der Waals surface area contributed by atoms with Gasteiger partial charge in [0.2, 0.25) is 0 Å². The Balaban J connectivity index is 1.44. The van der Waals surface area contributed by atoms with Gasteiger partial charge in [-0.25, -0.2) is 0 Å². The van der Waals surface area contributed by atoms with E-state index in [2.05, 4.69) is 38.1 Å². The smallest absolute Gasteiger partial charge is 0.0572 e. The molecule has 25 heavy (non-hydrogen) atoms. The summed E-state index contributed by atoms with van der Waals surface area (Å²) >= 11 is 0. The van der Waals surface area contributed by atoms with Crippen LogP contribution >= 0.6 is 0 Å². The van der Waals surface area contributed by atoms with Crippen LogP contribution in [0, 0.1) is 11.8 Å². The Hall–Kier alpha value is -0.820. The maximum atomic E-state index is 6.06. The number of hydrogen-bond donors (Lipinski definition) is 0. The summed E-state index contributed by atoms with van der Waals surface area (Å²) in [5, 5.41) is 0. The molecule has 0 spiro atoms. The molecule has 1 aromatic carbocycles. The third-order valence-corrected chi connectivity index (χ3v) is 6.82. The second-order valence-corrected chi connectivity index (χ2v) is 8.51. The summed E-state index contributed by atoms with van der Waals surface area (Å²) in [6, 6.07) is 9.61. The zero-order valence-electron chi connectivity index (χ0n) is 16.5. The van der Waals surface area contributed by atoms with Crippen LogP contribution in [0.5, 0.6) is 0 Å². The number of hydrogen-bond acceptors (Lipinski definition) is 1. The summed E-state index contributed by atoms with van der Waals surface area (Å²) in [6.07, 6.45) is 15.3. The van der Waals surface area contributed by atoms with Gasteiger partial charge in [-0.05, 0) is 86.7 Å². The van der Waals surface area contributed by atoms with Gasteiger partial charge >= 0.3 is 0 Å². The molecule has 1 aliphatic carbocycles. The van der Waals surface area contributed by atoms with Crippen molar-refractivity contribution in [1.29, 1.82) is 0 Å². The summed E-state index contributed by atoms with van der Waals surface area (Å²) in [5.74, 6) is 2.56. The van der Waals surface area contributed by atoms with E-state index in [-0.39, 0.29) is 0 Å². The fourth-order valence-electron chi connectivity index (χ4n) is 4.98. The van der Waals surface area contributed by atoms with E-state index in [1.165, 1.54) is 76.2 Å². The van der Waals surface area contributed by atoms with Crippen molar-refractivity contribution >= 4 is 0 Å². The second kappa shape index (κ2) is 9.76. The van der Waals surface area contributed by atoms with E-state index in [9.17, 15) is 0 Å². The molecule has 1 heterocycles. The van der Waals surface area contributed by atoms with Crippen LogP contribution in [0.15, 0.2) is 24.3 Å². The molecule has 2 aliphatic rings. The standard InChI is InChI=1S/C24H38O/c1-3-5-6-7-19-8-10-20(11-9-19)21-12-14-22(15-13-21)23-16-17-24(4-2)25-18-23/h8-11,21-24H,3-7,12-18H2,1-2H3. The minimum Gasteiger partial charge on any atom is -0.378 e. The summed E-state index contributed by atoms with van der Waals surface area (Å²) < 4.78 is 6.06. The monoisotopic (exact) mass is 342 g/mol. The average molecular weight is 343 g/mol. The van der Waals surface area contributed by atoms with Gasteiger partial charge in [0, 0.05) is 0 Å². The molecule has 0 bridgehead atoms. The molecule has 0 N–H and O–H groups in total. The van der Waals surface area contributed by atoms with Crippen LogP contribution < -0.4 is 0 Å². The molecule has 2 fully saturated rings. The highest BCUT2D eigenvalue weighted by atomic mass is 16.5. The third kappa shape index (κ3) is 5.33. The number of aryl methyl sites for hydroxylation is 1. The maximum absolute atomic E-state index is 6.06. The average Bonchev–Trinajstić information content (AvgIpc) is 2.69. The highest BCUT2D eigenvalue weighted by Crippen LogP contribution is 2.41. The Kier molecular flexibility index (Phi) is 7.40. The van der Waals surface area contributed by atoms with Gasteiger partial charge in [-0.1, -0.05) is 51.0 Å². The largest absolute Gasteiger partial charge is 0.378 e. The van der Waals surface area contributed by atoms with Crippen LogP contribution in [-0.4, -0.2) is 12.7 Å². The normalized spacial score (nSPS) is 30.3. The predicted molar refractivity (Wildman–Crippen MR) is 107 cm³/mol. The molecule has 1 saturated heterocycles. The quantitative estimate of drug-likeness (QED) is 0.490. The minimum absolute atomic E-state index is 0.545. The molecule has 1 saturated carbocycles. The number of ether oxygens (including phenoxy) is 1. The van der Waals surface area contributed by atoms with Crippen LogP contribution in [0.4, 0.5) is 0 Å². The van der Waals surface area contributed by atoms with E-state index in [0.717, 1.165) is 24.4 Å². The van der Waals surface area contributed by atoms with Crippen molar-refractivity contribution in [1.82, 2.24) is 0 Å². The van der Waals surface area contributed by atoms with Crippen molar-refractivity contribution in [2.75, 3.05) is 6.61 Å². The fraction of sp³-hybridized carbons (Fsp3) is 0.750. The molecule has 0 aromatic heterocycles. The molecule has 1 heteroatoms. The summed E-state index contributed by atoms with van der Waals surface area (Å²) in [6.45, 7) is 5.56. The molecule has 2 atom stereocenters. The van der Waals surface area contributed by atoms with Crippen molar-refractivity contribution in [3.8, 4) is 0 Å².